The normalized spacial score (nSPS) is 12.7. The third-order valence-corrected chi connectivity index (χ3v) is 3.40. The molecule has 0 saturated heterocycles. The maximum Gasteiger partial charge on any atom is 0.0406 e. The molecule has 0 heterocycles. The second kappa shape index (κ2) is 6.03. The Morgan fingerprint density at radius 2 is 1.56 bits per heavy atom. The zero-order valence-electron chi connectivity index (χ0n) is 10.8. The van der Waals surface area contributed by atoms with Gasteiger partial charge in [-0.1, -0.05) is 54.1 Å². The lowest BCUT2D eigenvalue weighted by Crippen LogP contribution is -2.22. The molecule has 0 spiro atoms. The van der Waals surface area contributed by atoms with Crippen LogP contribution in [0.2, 0.25) is 5.02 Å². The van der Waals surface area contributed by atoms with Crippen LogP contribution in [0.15, 0.2) is 54.6 Å². The number of rotatable bonds is 4. The van der Waals surface area contributed by atoms with E-state index in [1.165, 1.54) is 11.1 Å². The largest absolute Gasteiger partial charge is 0.302 e. The average molecular weight is 260 g/mol. The van der Waals surface area contributed by atoms with Gasteiger partial charge in [0.15, 0.2) is 0 Å². The predicted molar refractivity (Wildman–Crippen MR) is 78.0 cm³/mol. The van der Waals surface area contributed by atoms with Gasteiger partial charge in [0.25, 0.3) is 0 Å². The minimum Gasteiger partial charge on any atom is -0.302 e. The molecular formula is C16H18ClN. The lowest BCUT2D eigenvalue weighted by molar-refractivity contribution is 0.297. The van der Waals surface area contributed by atoms with Gasteiger partial charge in [-0.05, 0) is 43.8 Å². The monoisotopic (exact) mass is 259 g/mol. The van der Waals surface area contributed by atoms with Crippen molar-refractivity contribution in [2.75, 3.05) is 14.1 Å². The summed E-state index contributed by atoms with van der Waals surface area (Å²) in [7, 11) is 4.24. The van der Waals surface area contributed by atoms with Crippen molar-refractivity contribution in [2.45, 2.75) is 12.5 Å². The van der Waals surface area contributed by atoms with Crippen LogP contribution < -0.4 is 0 Å². The molecular weight excluding hydrogens is 242 g/mol. The first-order valence-corrected chi connectivity index (χ1v) is 6.50. The number of likely N-dealkylation sites (N-methyl/N-ethyl adjacent to an activating group) is 1. The molecule has 1 unspecified atom stereocenters. The van der Waals surface area contributed by atoms with Crippen molar-refractivity contribution in [3.63, 3.8) is 0 Å². The van der Waals surface area contributed by atoms with Gasteiger partial charge in [-0.15, -0.1) is 0 Å². The quantitative estimate of drug-likeness (QED) is 0.796. The second-order valence-electron chi connectivity index (χ2n) is 4.72. The van der Waals surface area contributed by atoms with Crippen LogP contribution in [-0.2, 0) is 6.42 Å². The fraction of sp³-hybridized carbons (Fsp3) is 0.250. The van der Waals surface area contributed by atoms with Crippen LogP contribution in [-0.4, -0.2) is 19.0 Å². The topological polar surface area (TPSA) is 3.24 Å². The van der Waals surface area contributed by atoms with Crippen LogP contribution in [0.25, 0.3) is 0 Å². The zero-order valence-corrected chi connectivity index (χ0v) is 11.6. The Morgan fingerprint density at radius 3 is 2.11 bits per heavy atom. The van der Waals surface area contributed by atoms with Crippen LogP contribution in [0, 0.1) is 0 Å². The predicted octanol–water partition coefficient (Wildman–Crippen LogP) is 4.19. The Hall–Kier alpha value is -1.31. The van der Waals surface area contributed by atoms with E-state index in [4.69, 9.17) is 11.6 Å². The van der Waals surface area contributed by atoms with E-state index in [1.54, 1.807) is 0 Å². The molecule has 2 heteroatoms. The number of halogens is 1. The van der Waals surface area contributed by atoms with Crippen molar-refractivity contribution in [2.24, 2.45) is 0 Å². The molecule has 0 aliphatic rings. The van der Waals surface area contributed by atoms with Gasteiger partial charge in [0.2, 0.25) is 0 Å². The van der Waals surface area contributed by atoms with E-state index in [9.17, 15) is 0 Å². The summed E-state index contributed by atoms with van der Waals surface area (Å²) < 4.78 is 0. The van der Waals surface area contributed by atoms with Gasteiger partial charge in [-0.2, -0.15) is 0 Å². The number of hydrogen-bond donors (Lipinski definition) is 0. The molecule has 0 aliphatic heterocycles. The van der Waals surface area contributed by atoms with Crippen LogP contribution in [0.4, 0.5) is 0 Å². The van der Waals surface area contributed by atoms with Crippen molar-refractivity contribution in [1.29, 1.82) is 0 Å². The van der Waals surface area contributed by atoms with Crippen LogP contribution in [0.5, 0.6) is 0 Å². The van der Waals surface area contributed by atoms with Gasteiger partial charge < -0.3 is 4.90 Å². The minimum atomic E-state index is 0.396. The summed E-state index contributed by atoms with van der Waals surface area (Å²) >= 11 is 5.92. The SMILES string of the molecule is CN(C)C(Cc1ccc(Cl)cc1)c1ccccc1. The molecule has 0 aromatic heterocycles. The third-order valence-electron chi connectivity index (χ3n) is 3.15. The fourth-order valence-electron chi connectivity index (χ4n) is 2.12. The van der Waals surface area contributed by atoms with Crippen molar-refractivity contribution in [3.8, 4) is 0 Å². The molecule has 2 aromatic rings. The summed E-state index contributed by atoms with van der Waals surface area (Å²) in [6.45, 7) is 0. The van der Waals surface area contributed by atoms with E-state index >= 15 is 0 Å². The molecule has 94 valence electrons. The fourth-order valence-corrected chi connectivity index (χ4v) is 2.24. The molecule has 0 bridgehead atoms. The molecule has 1 atom stereocenters. The molecule has 18 heavy (non-hydrogen) atoms. The van der Waals surface area contributed by atoms with E-state index in [0.717, 1.165) is 11.4 Å². The molecule has 1 nitrogen and oxygen atoms in total. The molecule has 0 N–H and O–H groups in total. The van der Waals surface area contributed by atoms with Gasteiger partial charge in [0.1, 0.15) is 0 Å². The van der Waals surface area contributed by atoms with Gasteiger partial charge in [0.05, 0.1) is 0 Å². The minimum absolute atomic E-state index is 0.396. The molecule has 2 aromatic carbocycles. The molecule has 0 radical (unpaired) electrons. The van der Waals surface area contributed by atoms with E-state index < -0.39 is 0 Å². The summed E-state index contributed by atoms with van der Waals surface area (Å²) in [6.07, 6.45) is 0.994. The Bertz CT molecular complexity index is 476. The van der Waals surface area contributed by atoms with Crippen LogP contribution >= 0.6 is 11.6 Å². The highest BCUT2D eigenvalue weighted by Crippen LogP contribution is 2.23. The highest BCUT2D eigenvalue weighted by atomic mass is 35.5. The third kappa shape index (κ3) is 3.34. The van der Waals surface area contributed by atoms with E-state index in [2.05, 4.69) is 61.5 Å². The Morgan fingerprint density at radius 1 is 0.944 bits per heavy atom. The molecule has 2 rings (SSSR count). The van der Waals surface area contributed by atoms with E-state index in [-0.39, 0.29) is 0 Å². The second-order valence-corrected chi connectivity index (χ2v) is 5.16. The van der Waals surface area contributed by atoms with Crippen molar-refractivity contribution >= 4 is 11.6 Å². The summed E-state index contributed by atoms with van der Waals surface area (Å²) in [6, 6.07) is 19.1. The molecule has 0 amide bonds. The summed E-state index contributed by atoms with van der Waals surface area (Å²) in [5, 5.41) is 0.792. The smallest absolute Gasteiger partial charge is 0.0406 e. The first-order valence-electron chi connectivity index (χ1n) is 6.12. The summed E-state index contributed by atoms with van der Waals surface area (Å²) in [5.74, 6) is 0. The van der Waals surface area contributed by atoms with Crippen molar-refractivity contribution < 1.29 is 0 Å². The number of benzene rings is 2. The van der Waals surface area contributed by atoms with Crippen molar-refractivity contribution in [3.05, 3.63) is 70.7 Å². The van der Waals surface area contributed by atoms with Crippen LogP contribution in [0.1, 0.15) is 17.2 Å². The Labute approximate surface area is 114 Å². The van der Waals surface area contributed by atoms with Crippen LogP contribution in [0.3, 0.4) is 0 Å². The lowest BCUT2D eigenvalue weighted by atomic mass is 9.98. The molecule has 0 saturated carbocycles. The lowest BCUT2D eigenvalue weighted by Gasteiger charge is -2.25. The maximum atomic E-state index is 5.92. The molecule has 0 aliphatic carbocycles. The van der Waals surface area contributed by atoms with Gasteiger partial charge in [-0.3, -0.25) is 0 Å². The van der Waals surface area contributed by atoms with E-state index in [0.29, 0.717) is 6.04 Å². The Balaban J connectivity index is 2.19. The highest BCUT2D eigenvalue weighted by Gasteiger charge is 2.14. The average Bonchev–Trinajstić information content (AvgIpc) is 2.38. The highest BCUT2D eigenvalue weighted by molar-refractivity contribution is 6.30. The van der Waals surface area contributed by atoms with Gasteiger partial charge >= 0.3 is 0 Å². The van der Waals surface area contributed by atoms with E-state index in [1.807, 2.05) is 12.1 Å². The maximum absolute atomic E-state index is 5.92. The summed E-state index contributed by atoms with van der Waals surface area (Å²) in [5.41, 5.74) is 2.65. The zero-order chi connectivity index (χ0) is 13.0. The number of hydrogen-bond acceptors (Lipinski definition) is 1. The van der Waals surface area contributed by atoms with Crippen molar-refractivity contribution in [1.82, 2.24) is 4.90 Å². The summed E-state index contributed by atoms with van der Waals surface area (Å²) in [4.78, 5) is 2.25. The van der Waals surface area contributed by atoms with Gasteiger partial charge in [0, 0.05) is 11.1 Å². The first kappa shape index (κ1) is 13.1. The Kier molecular flexibility index (Phi) is 4.40. The number of nitrogens with zero attached hydrogens (tertiary/aromatic N) is 1. The molecule has 0 fully saturated rings. The first-order chi connectivity index (χ1) is 8.66. The standard InChI is InChI=1S/C16H18ClN/c1-18(2)16(14-6-4-3-5-7-14)12-13-8-10-15(17)11-9-13/h3-11,16H,12H2,1-2H3. The van der Waals surface area contributed by atoms with Gasteiger partial charge in [-0.25, -0.2) is 0 Å².